The topological polar surface area (TPSA) is 45.7 Å². The van der Waals surface area contributed by atoms with Crippen molar-refractivity contribution in [3.8, 4) is 0 Å². The Bertz CT molecular complexity index is 929. The summed E-state index contributed by atoms with van der Waals surface area (Å²) < 4.78 is 4.61. The number of aliphatic hydroxyl groups excluding tert-OH is 1. The van der Waals surface area contributed by atoms with E-state index in [9.17, 15) is 5.11 Å². The third-order valence-corrected chi connectivity index (χ3v) is 4.99. The summed E-state index contributed by atoms with van der Waals surface area (Å²) in [5.41, 5.74) is 3.18. The number of fused-ring (bicyclic) bond motifs is 3. The van der Waals surface area contributed by atoms with Gasteiger partial charge in [-0.1, -0.05) is 18.2 Å². The summed E-state index contributed by atoms with van der Waals surface area (Å²) in [5.74, 6) is 0. The van der Waals surface area contributed by atoms with Crippen molar-refractivity contribution in [2.75, 3.05) is 13.1 Å². The second-order valence-electron chi connectivity index (χ2n) is 6.33. The Morgan fingerprint density at radius 3 is 3.00 bits per heavy atom. The highest BCUT2D eigenvalue weighted by Crippen LogP contribution is 2.21. The van der Waals surface area contributed by atoms with Gasteiger partial charge >= 0.3 is 0 Å². The van der Waals surface area contributed by atoms with Crippen LogP contribution in [0.4, 0.5) is 0 Å². The smallest absolute Gasteiger partial charge is 0.204 e. The van der Waals surface area contributed by atoms with Crippen molar-refractivity contribution in [1.82, 2.24) is 19.1 Å². The number of β-amino-alcohol motifs (C(OH)–C–C–N with tert-alkyl or cyclic N) is 1. The predicted octanol–water partition coefficient (Wildman–Crippen LogP) is 2.74. The normalized spacial score (nSPS) is 19.7. The molecule has 0 saturated carbocycles. The van der Waals surface area contributed by atoms with Gasteiger partial charge in [-0.3, -0.25) is 9.30 Å². The van der Waals surface area contributed by atoms with E-state index in [1.54, 1.807) is 0 Å². The molecule has 1 N–H and O–H groups in total. The Kier molecular flexibility index (Phi) is 3.67. The Morgan fingerprint density at radius 1 is 1.35 bits per heavy atom. The number of hydrogen-bond acceptors (Lipinski definition) is 4. The van der Waals surface area contributed by atoms with Crippen molar-refractivity contribution in [2.45, 2.75) is 32.5 Å². The molecule has 6 heteroatoms. The summed E-state index contributed by atoms with van der Waals surface area (Å²) in [6.07, 6.45) is 1.67. The molecule has 0 amide bonds. The molecule has 0 aliphatic carbocycles. The first-order valence-corrected chi connectivity index (χ1v) is 8.42. The van der Waals surface area contributed by atoms with Crippen LogP contribution in [0, 0.1) is 11.7 Å². The van der Waals surface area contributed by atoms with E-state index in [4.69, 9.17) is 17.3 Å². The zero-order valence-corrected chi connectivity index (χ0v) is 14.0. The van der Waals surface area contributed by atoms with Gasteiger partial charge < -0.3 is 5.11 Å². The van der Waals surface area contributed by atoms with Crippen LogP contribution in [0.5, 0.6) is 0 Å². The molecule has 0 bridgehead atoms. The standard InChI is InChI=1S/C17H20N4OS/c1-12-9-16-18-20(11-19-8-4-5-13(22)10-19)17(23)21(16)15-7-3-2-6-14(12)15/h2-3,6-7,9,13,22H,4-5,8,10-11H2,1H3/t13-/m0/s1. The summed E-state index contributed by atoms with van der Waals surface area (Å²) >= 11 is 5.67. The van der Waals surface area contributed by atoms with Crippen LogP contribution in [0.25, 0.3) is 16.6 Å². The fourth-order valence-electron chi connectivity index (χ4n) is 3.46. The van der Waals surface area contributed by atoms with Gasteiger partial charge in [-0.05, 0) is 49.7 Å². The van der Waals surface area contributed by atoms with Crippen molar-refractivity contribution < 1.29 is 5.11 Å². The minimum absolute atomic E-state index is 0.238. The highest BCUT2D eigenvalue weighted by molar-refractivity contribution is 7.71. The van der Waals surface area contributed by atoms with E-state index in [1.165, 1.54) is 10.9 Å². The van der Waals surface area contributed by atoms with Crippen molar-refractivity contribution in [3.63, 3.8) is 0 Å². The van der Waals surface area contributed by atoms with Gasteiger partial charge in [0.05, 0.1) is 18.3 Å². The lowest BCUT2D eigenvalue weighted by Gasteiger charge is -2.29. The zero-order valence-electron chi connectivity index (χ0n) is 13.1. The van der Waals surface area contributed by atoms with E-state index in [0.29, 0.717) is 18.0 Å². The van der Waals surface area contributed by atoms with Crippen molar-refractivity contribution in [2.24, 2.45) is 0 Å². The summed E-state index contributed by atoms with van der Waals surface area (Å²) in [4.78, 5) is 2.21. The molecule has 1 fully saturated rings. The van der Waals surface area contributed by atoms with E-state index >= 15 is 0 Å². The van der Waals surface area contributed by atoms with E-state index in [2.05, 4.69) is 30.0 Å². The molecule has 1 aliphatic heterocycles. The van der Waals surface area contributed by atoms with Crippen LogP contribution >= 0.6 is 12.2 Å². The quantitative estimate of drug-likeness (QED) is 0.735. The van der Waals surface area contributed by atoms with Crippen LogP contribution in [-0.2, 0) is 6.67 Å². The highest BCUT2D eigenvalue weighted by Gasteiger charge is 2.19. The van der Waals surface area contributed by atoms with Gasteiger partial charge in [0.15, 0.2) is 5.65 Å². The van der Waals surface area contributed by atoms with E-state index in [0.717, 1.165) is 30.6 Å². The van der Waals surface area contributed by atoms with Crippen LogP contribution in [0.1, 0.15) is 18.4 Å². The van der Waals surface area contributed by atoms with Crippen molar-refractivity contribution in [3.05, 3.63) is 40.7 Å². The van der Waals surface area contributed by atoms with Crippen molar-refractivity contribution >= 4 is 28.8 Å². The second kappa shape index (κ2) is 5.70. The number of hydrogen-bond donors (Lipinski definition) is 1. The van der Waals surface area contributed by atoms with Crippen LogP contribution < -0.4 is 0 Å². The summed E-state index contributed by atoms with van der Waals surface area (Å²) in [6.45, 7) is 4.40. The monoisotopic (exact) mass is 328 g/mol. The molecule has 3 heterocycles. The maximum Gasteiger partial charge on any atom is 0.204 e. The summed E-state index contributed by atoms with van der Waals surface area (Å²) in [6, 6.07) is 10.4. The third-order valence-electron chi connectivity index (χ3n) is 4.59. The largest absolute Gasteiger partial charge is 0.392 e. The van der Waals surface area contributed by atoms with Crippen molar-refractivity contribution in [1.29, 1.82) is 0 Å². The summed E-state index contributed by atoms with van der Waals surface area (Å²) in [7, 11) is 0. The Labute approximate surface area is 139 Å². The zero-order chi connectivity index (χ0) is 16.0. The van der Waals surface area contributed by atoms with E-state index < -0.39 is 0 Å². The number of aryl methyl sites for hydroxylation is 1. The predicted molar refractivity (Wildman–Crippen MR) is 93.1 cm³/mol. The van der Waals surface area contributed by atoms with Gasteiger partial charge in [0.25, 0.3) is 0 Å². The Hall–Kier alpha value is -1.76. The number of nitrogens with zero attached hydrogens (tertiary/aromatic N) is 4. The fourth-order valence-corrected chi connectivity index (χ4v) is 3.75. The Morgan fingerprint density at radius 2 is 2.17 bits per heavy atom. The molecular formula is C17H20N4OS. The maximum atomic E-state index is 9.84. The highest BCUT2D eigenvalue weighted by atomic mass is 32.1. The molecule has 2 aromatic heterocycles. The Balaban J connectivity index is 1.81. The SMILES string of the molecule is Cc1cc2nn(CN3CCC[C@H](O)C3)c(=S)n2c2ccccc12. The molecule has 23 heavy (non-hydrogen) atoms. The second-order valence-corrected chi connectivity index (χ2v) is 6.70. The minimum atomic E-state index is -0.238. The first-order chi connectivity index (χ1) is 11.1. The lowest BCUT2D eigenvalue weighted by Crippen LogP contribution is -2.39. The molecule has 0 radical (unpaired) electrons. The lowest BCUT2D eigenvalue weighted by molar-refractivity contribution is 0.0514. The van der Waals surface area contributed by atoms with Gasteiger partial charge in [0.1, 0.15) is 0 Å². The molecular weight excluding hydrogens is 308 g/mol. The molecule has 0 unspecified atom stereocenters. The number of benzene rings is 1. The van der Waals surface area contributed by atoms with E-state index in [1.807, 2.05) is 21.2 Å². The molecule has 1 saturated heterocycles. The average molecular weight is 328 g/mol. The number of aliphatic hydroxyl groups is 1. The number of rotatable bonds is 2. The van der Waals surface area contributed by atoms with Gasteiger partial charge in [0, 0.05) is 18.5 Å². The average Bonchev–Trinajstić information content (AvgIpc) is 2.84. The van der Waals surface area contributed by atoms with Crippen LogP contribution in [0.2, 0.25) is 0 Å². The molecule has 1 aromatic carbocycles. The first-order valence-electron chi connectivity index (χ1n) is 8.02. The lowest BCUT2D eigenvalue weighted by atomic mass is 10.1. The van der Waals surface area contributed by atoms with E-state index in [-0.39, 0.29) is 6.10 Å². The van der Waals surface area contributed by atoms with Gasteiger partial charge in [-0.15, -0.1) is 0 Å². The molecule has 1 aliphatic rings. The van der Waals surface area contributed by atoms with Gasteiger partial charge in [-0.2, -0.15) is 5.10 Å². The van der Waals surface area contributed by atoms with Crippen LogP contribution in [0.3, 0.4) is 0 Å². The number of piperidine rings is 1. The maximum absolute atomic E-state index is 9.84. The first kappa shape index (κ1) is 14.8. The fraction of sp³-hybridized carbons (Fsp3) is 0.412. The molecule has 1 atom stereocenters. The van der Waals surface area contributed by atoms with Gasteiger partial charge in [0.2, 0.25) is 4.77 Å². The number of pyridine rings is 1. The number of likely N-dealkylation sites (tertiary alicyclic amines) is 1. The molecule has 0 spiro atoms. The third kappa shape index (κ3) is 2.56. The molecule has 120 valence electrons. The molecule has 5 nitrogen and oxygen atoms in total. The summed E-state index contributed by atoms with van der Waals surface area (Å²) in [5, 5.41) is 15.7. The minimum Gasteiger partial charge on any atom is -0.392 e. The molecule has 3 aromatic rings. The number of para-hydroxylation sites is 1. The van der Waals surface area contributed by atoms with Crippen LogP contribution in [0.15, 0.2) is 30.3 Å². The van der Waals surface area contributed by atoms with Gasteiger partial charge in [-0.25, -0.2) is 4.68 Å². The number of aromatic nitrogens is 3. The molecule has 4 rings (SSSR count). The van der Waals surface area contributed by atoms with Crippen LogP contribution in [-0.4, -0.2) is 43.4 Å².